The summed E-state index contributed by atoms with van der Waals surface area (Å²) in [5.41, 5.74) is 2.14. The summed E-state index contributed by atoms with van der Waals surface area (Å²) in [7, 11) is 0. The normalized spacial score (nSPS) is 21.2. The Bertz CT molecular complexity index is 450. The number of amides is 1. The van der Waals surface area contributed by atoms with Crippen LogP contribution in [0.2, 0.25) is 0 Å². The summed E-state index contributed by atoms with van der Waals surface area (Å²) in [6.07, 6.45) is 1.83. The first-order valence-electron chi connectivity index (χ1n) is 6.93. The molecule has 0 spiro atoms. The molecule has 0 radical (unpaired) electrons. The highest BCUT2D eigenvalue weighted by atomic mass is 16.3. The molecule has 0 aromatic heterocycles. The molecule has 19 heavy (non-hydrogen) atoms. The predicted octanol–water partition coefficient (Wildman–Crippen LogP) is 0.196. The molecule has 4 nitrogen and oxygen atoms in total. The van der Waals surface area contributed by atoms with Crippen molar-refractivity contribution in [1.82, 2.24) is 10.2 Å². The Morgan fingerprint density at radius 2 is 1.79 bits per heavy atom. The molecular weight excluding hydrogens is 240 g/mol. The minimum absolute atomic E-state index is 0.0533. The average molecular weight is 260 g/mol. The van der Waals surface area contributed by atoms with Crippen LogP contribution in [0.3, 0.4) is 0 Å². The highest BCUT2D eigenvalue weighted by Crippen LogP contribution is 2.26. The highest BCUT2D eigenvalue weighted by molar-refractivity contribution is 5.84. The second-order valence-corrected chi connectivity index (χ2v) is 5.60. The van der Waals surface area contributed by atoms with E-state index in [1.165, 1.54) is 11.1 Å². The van der Waals surface area contributed by atoms with Crippen LogP contribution in [0.15, 0.2) is 24.3 Å². The standard InChI is InChI=1S/C15H20N2O2/c18-11-15(9-16-10-15)14(19)17-7-5-12-3-1-2-4-13(12)6-8-17/h1-4,16,18H,5-11H2. The topological polar surface area (TPSA) is 52.6 Å². The summed E-state index contributed by atoms with van der Waals surface area (Å²) in [4.78, 5) is 14.5. The third kappa shape index (κ3) is 2.15. The number of hydrogen-bond donors (Lipinski definition) is 2. The number of fused-ring (bicyclic) bond motifs is 1. The van der Waals surface area contributed by atoms with E-state index in [2.05, 4.69) is 29.6 Å². The molecule has 1 aromatic rings. The van der Waals surface area contributed by atoms with Crippen LogP contribution in [0.4, 0.5) is 0 Å². The van der Waals surface area contributed by atoms with Crippen LogP contribution in [-0.2, 0) is 17.6 Å². The van der Waals surface area contributed by atoms with E-state index in [1.807, 2.05) is 4.90 Å². The molecule has 0 saturated carbocycles. The Balaban J connectivity index is 1.73. The molecule has 4 heteroatoms. The lowest BCUT2D eigenvalue weighted by Crippen LogP contribution is -2.64. The Kier molecular flexibility index (Phi) is 3.29. The lowest BCUT2D eigenvalue weighted by Gasteiger charge is -2.42. The van der Waals surface area contributed by atoms with Gasteiger partial charge in [0, 0.05) is 26.2 Å². The maximum atomic E-state index is 12.6. The van der Waals surface area contributed by atoms with E-state index >= 15 is 0 Å². The van der Waals surface area contributed by atoms with Gasteiger partial charge >= 0.3 is 0 Å². The lowest BCUT2D eigenvalue weighted by atomic mass is 9.81. The first-order valence-corrected chi connectivity index (χ1v) is 6.93. The van der Waals surface area contributed by atoms with Crippen LogP contribution in [-0.4, -0.2) is 48.7 Å². The Morgan fingerprint density at radius 3 is 2.21 bits per heavy atom. The van der Waals surface area contributed by atoms with Crippen LogP contribution in [0.5, 0.6) is 0 Å². The Morgan fingerprint density at radius 1 is 1.21 bits per heavy atom. The minimum Gasteiger partial charge on any atom is -0.395 e. The fourth-order valence-electron chi connectivity index (χ4n) is 2.96. The smallest absolute Gasteiger partial charge is 0.233 e. The molecule has 2 aliphatic rings. The summed E-state index contributed by atoms with van der Waals surface area (Å²) >= 11 is 0. The predicted molar refractivity (Wildman–Crippen MR) is 72.8 cm³/mol. The van der Waals surface area contributed by atoms with Gasteiger partial charge in [0.2, 0.25) is 5.91 Å². The molecule has 1 fully saturated rings. The monoisotopic (exact) mass is 260 g/mol. The summed E-state index contributed by atoms with van der Waals surface area (Å²) in [6.45, 7) is 2.68. The number of aliphatic hydroxyl groups excluding tert-OH is 1. The first kappa shape index (κ1) is 12.6. The molecule has 2 N–H and O–H groups in total. The largest absolute Gasteiger partial charge is 0.395 e. The van der Waals surface area contributed by atoms with E-state index in [1.54, 1.807) is 0 Å². The van der Waals surface area contributed by atoms with E-state index in [4.69, 9.17) is 0 Å². The molecule has 2 heterocycles. The van der Waals surface area contributed by atoms with E-state index in [0.717, 1.165) is 25.9 Å². The van der Waals surface area contributed by atoms with Gasteiger partial charge in [-0.1, -0.05) is 24.3 Å². The number of benzene rings is 1. The van der Waals surface area contributed by atoms with E-state index < -0.39 is 5.41 Å². The van der Waals surface area contributed by atoms with Gasteiger partial charge in [0.25, 0.3) is 0 Å². The molecule has 0 aliphatic carbocycles. The van der Waals surface area contributed by atoms with Gasteiger partial charge in [-0.3, -0.25) is 4.79 Å². The fourth-order valence-corrected chi connectivity index (χ4v) is 2.96. The summed E-state index contributed by atoms with van der Waals surface area (Å²) < 4.78 is 0. The maximum absolute atomic E-state index is 12.6. The molecule has 0 unspecified atom stereocenters. The summed E-state index contributed by atoms with van der Waals surface area (Å²) in [5.74, 6) is 0.113. The molecule has 1 amide bonds. The summed E-state index contributed by atoms with van der Waals surface area (Å²) in [6, 6.07) is 8.41. The molecule has 3 rings (SSSR count). The zero-order valence-corrected chi connectivity index (χ0v) is 11.1. The van der Waals surface area contributed by atoms with Crippen molar-refractivity contribution in [3.05, 3.63) is 35.4 Å². The van der Waals surface area contributed by atoms with Crippen molar-refractivity contribution in [2.45, 2.75) is 12.8 Å². The number of nitrogens with zero attached hydrogens (tertiary/aromatic N) is 1. The van der Waals surface area contributed by atoms with Crippen LogP contribution in [0.1, 0.15) is 11.1 Å². The second kappa shape index (κ2) is 4.94. The Hall–Kier alpha value is -1.39. The number of carbonyl (C=O) groups excluding carboxylic acids is 1. The van der Waals surface area contributed by atoms with Crippen LogP contribution < -0.4 is 5.32 Å². The summed E-state index contributed by atoms with van der Waals surface area (Å²) in [5, 5.41) is 12.6. The second-order valence-electron chi connectivity index (χ2n) is 5.60. The van der Waals surface area contributed by atoms with Crippen molar-refractivity contribution in [2.75, 3.05) is 32.8 Å². The molecule has 0 bridgehead atoms. The maximum Gasteiger partial charge on any atom is 0.233 e. The molecule has 102 valence electrons. The minimum atomic E-state index is -0.559. The molecular formula is C15H20N2O2. The third-order valence-electron chi connectivity index (χ3n) is 4.39. The van der Waals surface area contributed by atoms with Crippen LogP contribution in [0.25, 0.3) is 0 Å². The molecule has 1 aromatic carbocycles. The number of nitrogens with one attached hydrogen (secondary N) is 1. The molecule has 2 aliphatic heterocycles. The lowest BCUT2D eigenvalue weighted by molar-refractivity contribution is -0.148. The van der Waals surface area contributed by atoms with Gasteiger partial charge in [0.15, 0.2) is 0 Å². The highest BCUT2D eigenvalue weighted by Gasteiger charge is 2.46. The van der Waals surface area contributed by atoms with Crippen molar-refractivity contribution in [3.63, 3.8) is 0 Å². The van der Waals surface area contributed by atoms with Crippen molar-refractivity contribution >= 4 is 5.91 Å². The number of hydrogen-bond acceptors (Lipinski definition) is 3. The van der Waals surface area contributed by atoms with E-state index in [-0.39, 0.29) is 12.5 Å². The molecule has 1 saturated heterocycles. The van der Waals surface area contributed by atoms with Gasteiger partial charge in [-0.2, -0.15) is 0 Å². The number of rotatable bonds is 2. The van der Waals surface area contributed by atoms with Gasteiger partial charge in [0.05, 0.1) is 12.0 Å². The molecule has 0 atom stereocenters. The van der Waals surface area contributed by atoms with Crippen molar-refractivity contribution in [2.24, 2.45) is 5.41 Å². The van der Waals surface area contributed by atoms with Gasteiger partial charge in [0.1, 0.15) is 0 Å². The Labute approximate surface area is 113 Å². The van der Waals surface area contributed by atoms with Crippen molar-refractivity contribution in [1.29, 1.82) is 0 Å². The van der Waals surface area contributed by atoms with Crippen LogP contribution in [0, 0.1) is 5.41 Å². The number of aliphatic hydroxyl groups is 1. The van der Waals surface area contributed by atoms with Gasteiger partial charge < -0.3 is 15.3 Å². The van der Waals surface area contributed by atoms with Gasteiger partial charge in [-0.15, -0.1) is 0 Å². The van der Waals surface area contributed by atoms with Gasteiger partial charge in [-0.05, 0) is 24.0 Å². The van der Waals surface area contributed by atoms with E-state index in [9.17, 15) is 9.90 Å². The fraction of sp³-hybridized carbons (Fsp3) is 0.533. The van der Waals surface area contributed by atoms with Gasteiger partial charge in [-0.25, -0.2) is 0 Å². The number of carbonyl (C=O) groups is 1. The first-order chi connectivity index (χ1) is 9.25. The van der Waals surface area contributed by atoms with E-state index in [0.29, 0.717) is 13.1 Å². The van der Waals surface area contributed by atoms with Crippen LogP contribution >= 0.6 is 0 Å². The zero-order chi connectivity index (χ0) is 13.3. The zero-order valence-electron chi connectivity index (χ0n) is 11.1. The average Bonchev–Trinajstić information content (AvgIpc) is 2.60. The van der Waals surface area contributed by atoms with Crippen molar-refractivity contribution in [3.8, 4) is 0 Å². The van der Waals surface area contributed by atoms with Crippen molar-refractivity contribution < 1.29 is 9.90 Å². The quantitative estimate of drug-likeness (QED) is 0.798. The third-order valence-corrected chi connectivity index (χ3v) is 4.39. The SMILES string of the molecule is O=C(N1CCc2ccccc2CC1)C1(CO)CNC1.